The van der Waals surface area contributed by atoms with Crippen LogP contribution in [0.3, 0.4) is 0 Å². The van der Waals surface area contributed by atoms with Gasteiger partial charge in [0.25, 0.3) is 0 Å². The van der Waals surface area contributed by atoms with Crippen molar-refractivity contribution >= 4 is 12.0 Å². The molecule has 0 saturated carbocycles. The molecule has 2 rings (SSSR count). The van der Waals surface area contributed by atoms with Gasteiger partial charge in [0.15, 0.2) is 0 Å². The van der Waals surface area contributed by atoms with Crippen molar-refractivity contribution in [3.63, 3.8) is 0 Å². The summed E-state index contributed by atoms with van der Waals surface area (Å²) in [4.78, 5) is 11.1. The molecule has 0 aliphatic heterocycles. The number of hydrogen-bond acceptors (Lipinski definition) is 3. The molecule has 0 fully saturated rings. The van der Waals surface area contributed by atoms with E-state index in [4.69, 9.17) is 9.84 Å². The molecular weight excluding hydrogens is 204 g/mol. The lowest BCUT2D eigenvalue weighted by Crippen LogP contribution is -2.07. The molecule has 0 atom stereocenters. The number of benzene rings is 1. The molecule has 1 aromatic rings. The number of carbonyl (C=O) groups excluding carboxylic acids is 1. The van der Waals surface area contributed by atoms with E-state index in [0.717, 1.165) is 18.4 Å². The maximum Gasteiger partial charge on any atom is 0.330 e. The molecule has 3 heteroatoms. The highest BCUT2D eigenvalue weighted by atomic mass is 16.5. The van der Waals surface area contributed by atoms with Gasteiger partial charge < -0.3 is 9.84 Å². The highest BCUT2D eigenvalue weighted by molar-refractivity contribution is 5.87. The van der Waals surface area contributed by atoms with Gasteiger partial charge in [0.2, 0.25) is 0 Å². The standard InChI is InChI=1S/C13H14O3/c14-7-8-16-13(15)6-2-10-1-3-11-4-5-12(11)9-10/h1-3,6,9,14H,4-5,7-8H2/b6-2+. The van der Waals surface area contributed by atoms with Gasteiger partial charge in [-0.15, -0.1) is 0 Å². The SMILES string of the molecule is O=C(/C=C/c1ccc2c(c1)CC2)OCCO. The maximum absolute atomic E-state index is 11.1. The molecule has 3 nitrogen and oxygen atoms in total. The number of hydrogen-bond donors (Lipinski definition) is 1. The zero-order chi connectivity index (χ0) is 11.4. The van der Waals surface area contributed by atoms with E-state index in [1.54, 1.807) is 6.08 Å². The zero-order valence-electron chi connectivity index (χ0n) is 8.98. The topological polar surface area (TPSA) is 46.5 Å². The van der Waals surface area contributed by atoms with E-state index in [0.29, 0.717) is 0 Å². The van der Waals surface area contributed by atoms with E-state index in [9.17, 15) is 4.79 Å². The third-order valence-electron chi connectivity index (χ3n) is 2.64. The first-order valence-corrected chi connectivity index (χ1v) is 5.37. The van der Waals surface area contributed by atoms with E-state index in [1.165, 1.54) is 17.2 Å². The van der Waals surface area contributed by atoms with E-state index in [1.807, 2.05) is 6.07 Å². The summed E-state index contributed by atoms with van der Waals surface area (Å²) in [6.45, 7) is -0.0915. The molecule has 1 aliphatic carbocycles. The van der Waals surface area contributed by atoms with Crippen molar-refractivity contribution < 1.29 is 14.6 Å². The summed E-state index contributed by atoms with van der Waals surface area (Å²) >= 11 is 0. The van der Waals surface area contributed by atoms with Crippen LogP contribution in [0.2, 0.25) is 0 Å². The average Bonchev–Trinajstić information content (AvgIpc) is 2.26. The number of aliphatic hydroxyl groups excluding tert-OH is 1. The Morgan fingerprint density at radius 3 is 2.81 bits per heavy atom. The maximum atomic E-state index is 11.1. The Balaban J connectivity index is 1.95. The Kier molecular flexibility index (Phi) is 3.37. The summed E-state index contributed by atoms with van der Waals surface area (Å²) in [5.41, 5.74) is 3.78. The quantitative estimate of drug-likeness (QED) is 0.612. The second kappa shape index (κ2) is 4.94. The summed E-state index contributed by atoms with van der Waals surface area (Å²) in [5, 5.41) is 8.47. The predicted octanol–water partition coefficient (Wildman–Crippen LogP) is 1.33. The fraction of sp³-hybridized carbons (Fsp3) is 0.308. The number of carbonyl (C=O) groups is 1. The molecular formula is C13H14O3. The molecule has 0 spiro atoms. The van der Waals surface area contributed by atoms with Crippen LogP contribution in [-0.4, -0.2) is 24.3 Å². The van der Waals surface area contributed by atoms with Gasteiger partial charge >= 0.3 is 5.97 Å². The number of rotatable bonds is 4. The lowest BCUT2D eigenvalue weighted by molar-refractivity contribution is -0.138. The molecule has 0 aromatic heterocycles. The summed E-state index contributed by atoms with van der Waals surface area (Å²) < 4.78 is 4.71. The van der Waals surface area contributed by atoms with Crippen LogP contribution in [0, 0.1) is 0 Å². The van der Waals surface area contributed by atoms with Crippen molar-refractivity contribution in [2.24, 2.45) is 0 Å². The van der Waals surface area contributed by atoms with Gasteiger partial charge in [-0.2, -0.15) is 0 Å². The van der Waals surface area contributed by atoms with Crippen molar-refractivity contribution in [3.8, 4) is 0 Å². The molecule has 1 aliphatic rings. The first-order chi connectivity index (χ1) is 7.79. The van der Waals surface area contributed by atoms with Gasteiger partial charge in [-0.05, 0) is 35.6 Å². The Morgan fingerprint density at radius 2 is 2.19 bits per heavy atom. The minimum Gasteiger partial charge on any atom is -0.460 e. The van der Waals surface area contributed by atoms with Crippen LogP contribution < -0.4 is 0 Å². The molecule has 16 heavy (non-hydrogen) atoms. The van der Waals surface area contributed by atoms with E-state index >= 15 is 0 Å². The molecule has 0 radical (unpaired) electrons. The number of esters is 1. The van der Waals surface area contributed by atoms with Crippen molar-refractivity contribution in [1.82, 2.24) is 0 Å². The fourth-order valence-electron chi connectivity index (χ4n) is 1.68. The van der Waals surface area contributed by atoms with Gasteiger partial charge in [0, 0.05) is 6.08 Å². The van der Waals surface area contributed by atoms with Crippen LogP contribution in [0.25, 0.3) is 6.08 Å². The monoisotopic (exact) mass is 218 g/mol. The summed E-state index contributed by atoms with van der Waals surface area (Å²) in [7, 11) is 0. The van der Waals surface area contributed by atoms with Crippen LogP contribution >= 0.6 is 0 Å². The molecule has 0 heterocycles. The van der Waals surface area contributed by atoms with Crippen molar-refractivity contribution in [2.75, 3.05) is 13.2 Å². The minimum absolute atomic E-state index is 0.0490. The predicted molar refractivity (Wildman–Crippen MR) is 60.9 cm³/mol. The molecule has 1 N–H and O–H groups in total. The van der Waals surface area contributed by atoms with Crippen LogP contribution in [0.15, 0.2) is 24.3 Å². The minimum atomic E-state index is -0.420. The van der Waals surface area contributed by atoms with Gasteiger partial charge in [0.05, 0.1) is 6.61 Å². The smallest absolute Gasteiger partial charge is 0.330 e. The fourth-order valence-corrected chi connectivity index (χ4v) is 1.68. The Labute approximate surface area is 94.4 Å². The van der Waals surface area contributed by atoms with Crippen LogP contribution in [0.1, 0.15) is 16.7 Å². The Morgan fingerprint density at radius 1 is 1.38 bits per heavy atom. The summed E-state index contributed by atoms with van der Waals surface area (Å²) in [6, 6.07) is 6.18. The third kappa shape index (κ3) is 2.49. The van der Waals surface area contributed by atoms with Crippen molar-refractivity contribution in [2.45, 2.75) is 12.8 Å². The third-order valence-corrected chi connectivity index (χ3v) is 2.64. The number of aryl methyl sites for hydroxylation is 2. The van der Waals surface area contributed by atoms with Gasteiger partial charge in [-0.1, -0.05) is 18.2 Å². The van der Waals surface area contributed by atoms with Crippen molar-refractivity contribution in [3.05, 3.63) is 41.0 Å². The molecule has 1 aromatic carbocycles. The number of aliphatic hydroxyl groups is 1. The van der Waals surface area contributed by atoms with Crippen LogP contribution in [0.5, 0.6) is 0 Å². The van der Waals surface area contributed by atoms with E-state index in [2.05, 4.69) is 12.1 Å². The zero-order valence-corrected chi connectivity index (χ0v) is 8.98. The van der Waals surface area contributed by atoms with Gasteiger partial charge in [0.1, 0.15) is 6.61 Å². The summed E-state index contributed by atoms with van der Waals surface area (Å²) in [6.07, 6.45) is 5.41. The first kappa shape index (κ1) is 10.9. The van der Waals surface area contributed by atoms with E-state index in [-0.39, 0.29) is 13.2 Å². The summed E-state index contributed by atoms with van der Waals surface area (Å²) in [5.74, 6) is -0.420. The second-order valence-corrected chi connectivity index (χ2v) is 3.75. The lowest BCUT2D eigenvalue weighted by atomic mass is 9.87. The second-order valence-electron chi connectivity index (χ2n) is 3.75. The number of ether oxygens (including phenoxy) is 1. The molecule has 0 unspecified atom stereocenters. The molecule has 0 bridgehead atoms. The van der Waals surface area contributed by atoms with Gasteiger partial charge in [-0.25, -0.2) is 4.79 Å². The molecule has 0 amide bonds. The van der Waals surface area contributed by atoms with Crippen molar-refractivity contribution in [1.29, 1.82) is 0 Å². The highest BCUT2D eigenvalue weighted by Crippen LogP contribution is 2.23. The largest absolute Gasteiger partial charge is 0.460 e. The Hall–Kier alpha value is -1.61. The lowest BCUT2D eigenvalue weighted by Gasteiger charge is -2.18. The van der Waals surface area contributed by atoms with Gasteiger partial charge in [-0.3, -0.25) is 0 Å². The van der Waals surface area contributed by atoms with Crippen LogP contribution in [0.4, 0.5) is 0 Å². The normalized spacial score (nSPS) is 13.3. The number of fused-ring (bicyclic) bond motifs is 1. The van der Waals surface area contributed by atoms with E-state index < -0.39 is 5.97 Å². The molecule has 0 saturated heterocycles. The molecule has 84 valence electrons. The average molecular weight is 218 g/mol. The van der Waals surface area contributed by atoms with Crippen LogP contribution in [-0.2, 0) is 22.4 Å². The first-order valence-electron chi connectivity index (χ1n) is 5.37. The Bertz CT molecular complexity index is 421. The highest BCUT2D eigenvalue weighted by Gasteiger charge is 2.11.